The maximum absolute atomic E-state index is 12.4. The second-order valence-electron chi connectivity index (χ2n) is 4.62. The number of alkyl halides is 3. The third-order valence-corrected chi connectivity index (χ3v) is 5.46. The van der Waals surface area contributed by atoms with Crippen LogP contribution in [-0.4, -0.2) is 36.9 Å². The van der Waals surface area contributed by atoms with Gasteiger partial charge in [0.1, 0.15) is 11.4 Å². The van der Waals surface area contributed by atoms with Crippen molar-refractivity contribution < 1.29 is 26.4 Å². The Bertz CT molecular complexity index is 607. The maximum Gasteiger partial charge on any atom is 0.431 e. The molecule has 2 heterocycles. The van der Waals surface area contributed by atoms with Gasteiger partial charge in [0.25, 0.3) is 5.91 Å². The lowest BCUT2D eigenvalue weighted by Crippen LogP contribution is -2.34. The molecular formula is C11H13F3N2O3S. The summed E-state index contributed by atoms with van der Waals surface area (Å²) in [6.07, 6.45) is -3.54. The zero-order valence-corrected chi connectivity index (χ0v) is 11.1. The number of aromatic nitrogens is 1. The van der Waals surface area contributed by atoms with E-state index in [9.17, 15) is 26.4 Å². The summed E-state index contributed by atoms with van der Waals surface area (Å²) in [5.41, 5.74) is -1.26. The Morgan fingerprint density at radius 1 is 1.40 bits per heavy atom. The number of halogens is 3. The van der Waals surface area contributed by atoms with Gasteiger partial charge >= 0.3 is 6.18 Å². The Labute approximate surface area is 113 Å². The highest BCUT2D eigenvalue weighted by Gasteiger charge is 2.34. The van der Waals surface area contributed by atoms with Crippen molar-refractivity contribution >= 4 is 15.7 Å². The number of amides is 1. The van der Waals surface area contributed by atoms with E-state index in [-0.39, 0.29) is 18.0 Å². The largest absolute Gasteiger partial charge is 0.431 e. The molecule has 0 radical (unpaired) electrons. The minimum Gasteiger partial charge on any atom is -0.349 e. The molecule has 112 valence electrons. The molecule has 9 heteroatoms. The van der Waals surface area contributed by atoms with E-state index in [0.29, 0.717) is 12.8 Å². The predicted octanol–water partition coefficient (Wildman–Crippen LogP) is 1.34. The van der Waals surface area contributed by atoms with Gasteiger partial charge in [0.15, 0.2) is 9.84 Å². The van der Waals surface area contributed by atoms with Gasteiger partial charge < -0.3 is 10.3 Å². The van der Waals surface area contributed by atoms with E-state index < -0.39 is 32.9 Å². The van der Waals surface area contributed by atoms with Gasteiger partial charge in [-0.2, -0.15) is 13.2 Å². The number of carbonyl (C=O) groups is 1. The normalized spacial score (nSPS) is 21.9. The topological polar surface area (TPSA) is 79.0 Å². The first-order chi connectivity index (χ1) is 9.20. The first kappa shape index (κ1) is 14.9. The van der Waals surface area contributed by atoms with E-state index in [2.05, 4.69) is 5.32 Å². The molecule has 1 aromatic heterocycles. The van der Waals surface area contributed by atoms with Gasteiger partial charge in [-0.15, -0.1) is 0 Å². The molecule has 1 saturated heterocycles. The Balaban J connectivity index is 1.97. The second-order valence-corrected chi connectivity index (χ2v) is 7.03. The van der Waals surface area contributed by atoms with Crippen LogP contribution in [0.4, 0.5) is 13.2 Å². The average molecular weight is 310 g/mol. The zero-order valence-electron chi connectivity index (χ0n) is 10.3. The van der Waals surface area contributed by atoms with E-state index in [1.807, 2.05) is 4.98 Å². The molecule has 0 aromatic carbocycles. The van der Waals surface area contributed by atoms with Crippen LogP contribution < -0.4 is 5.32 Å². The summed E-state index contributed by atoms with van der Waals surface area (Å²) < 4.78 is 60.1. The van der Waals surface area contributed by atoms with Crippen molar-refractivity contribution in [3.05, 3.63) is 23.5 Å². The van der Waals surface area contributed by atoms with Crippen LogP contribution in [0.5, 0.6) is 0 Å². The second kappa shape index (κ2) is 5.12. The fourth-order valence-corrected chi connectivity index (χ4v) is 3.85. The predicted molar refractivity (Wildman–Crippen MR) is 64.9 cm³/mol. The van der Waals surface area contributed by atoms with Gasteiger partial charge in [0, 0.05) is 6.54 Å². The standard InChI is InChI=1S/C11H13F3N2O3S/c12-11(13,14)9-4-3-8(16-9)10(17)15-6-7-2-1-5-20(7,18)19/h3-4,7,16H,1-2,5-6H2,(H,15,17)/t7-/m1/s1. The smallest absolute Gasteiger partial charge is 0.349 e. The summed E-state index contributed by atoms with van der Waals surface area (Å²) in [6, 6.07) is 1.78. The van der Waals surface area contributed by atoms with Gasteiger partial charge in [0.2, 0.25) is 0 Å². The zero-order chi connectivity index (χ0) is 15.0. The molecule has 1 aliphatic heterocycles. The van der Waals surface area contributed by atoms with Crippen LogP contribution >= 0.6 is 0 Å². The molecule has 5 nitrogen and oxygen atoms in total. The van der Waals surface area contributed by atoms with E-state index >= 15 is 0 Å². The molecular weight excluding hydrogens is 297 g/mol. The molecule has 2 N–H and O–H groups in total. The number of nitrogens with one attached hydrogen (secondary N) is 2. The summed E-state index contributed by atoms with van der Waals surface area (Å²) in [6.45, 7) is -0.0818. The van der Waals surface area contributed by atoms with E-state index in [1.165, 1.54) is 0 Å². The lowest BCUT2D eigenvalue weighted by molar-refractivity contribution is -0.140. The summed E-state index contributed by atoms with van der Waals surface area (Å²) >= 11 is 0. The molecule has 1 aliphatic rings. The van der Waals surface area contributed by atoms with Crippen LogP contribution in [0, 0.1) is 0 Å². The Hall–Kier alpha value is -1.51. The molecule has 1 amide bonds. The van der Waals surface area contributed by atoms with Crippen molar-refractivity contribution in [1.82, 2.24) is 10.3 Å². The Morgan fingerprint density at radius 2 is 2.10 bits per heavy atom. The van der Waals surface area contributed by atoms with Crippen LogP contribution in [0.3, 0.4) is 0 Å². The van der Waals surface area contributed by atoms with Crippen LogP contribution in [0.2, 0.25) is 0 Å². The number of aromatic amines is 1. The van der Waals surface area contributed by atoms with Crippen molar-refractivity contribution in [2.45, 2.75) is 24.3 Å². The number of rotatable bonds is 3. The summed E-state index contributed by atoms with van der Waals surface area (Å²) in [5, 5.41) is 1.70. The van der Waals surface area contributed by atoms with E-state index in [4.69, 9.17) is 0 Å². The SMILES string of the molecule is O=C(NC[C@H]1CCCS1(=O)=O)c1ccc(C(F)(F)F)[nH]1. The lowest BCUT2D eigenvalue weighted by atomic mass is 10.2. The van der Waals surface area contributed by atoms with Crippen LogP contribution in [0.1, 0.15) is 29.0 Å². The molecule has 20 heavy (non-hydrogen) atoms. The maximum atomic E-state index is 12.4. The average Bonchev–Trinajstić information content (AvgIpc) is 2.91. The molecule has 1 atom stereocenters. The molecule has 0 unspecified atom stereocenters. The molecule has 1 aromatic rings. The molecule has 1 fully saturated rings. The van der Waals surface area contributed by atoms with Gasteiger partial charge in [0.05, 0.1) is 11.0 Å². The Morgan fingerprint density at radius 3 is 2.60 bits per heavy atom. The van der Waals surface area contributed by atoms with Crippen LogP contribution in [0.15, 0.2) is 12.1 Å². The van der Waals surface area contributed by atoms with Crippen molar-refractivity contribution in [2.24, 2.45) is 0 Å². The molecule has 0 aliphatic carbocycles. The van der Waals surface area contributed by atoms with Crippen molar-refractivity contribution in [3.8, 4) is 0 Å². The van der Waals surface area contributed by atoms with Crippen molar-refractivity contribution in [1.29, 1.82) is 0 Å². The van der Waals surface area contributed by atoms with Gasteiger partial charge in [-0.1, -0.05) is 0 Å². The monoisotopic (exact) mass is 310 g/mol. The fourth-order valence-electron chi connectivity index (χ4n) is 2.08. The van der Waals surface area contributed by atoms with Crippen LogP contribution in [0.25, 0.3) is 0 Å². The van der Waals surface area contributed by atoms with Crippen LogP contribution in [-0.2, 0) is 16.0 Å². The number of hydrogen-bond donors (Lipinski definition) is 2. The van der Waals surface area contributed by atoms with Crippen molar-refractivity contribution in [2.75, 3.05) is 12.3 Å². The first-order valence-electron chi connectivity index (χ1n) is 5.96. The number of sulfone groups is 1. The minimum absolute atomic E-state index is 0.0818. The minimum atomic E-state index is -4.55. The molecule has 0 spiro atoms. The Kier molecular flexibility index (Phi) is 3.81. The van der Waals surface area contributed by atoms with Gasteiger partial charge in [-0.3, -0.25) is 4.79 Å². The molecule has 0 saturated carbocycles. The number of carbonyl (C=O) groups excluding carboxylic acids is 1. The first-order valence-corrected chi connectivity index (χ1v) is 7.67. The fraction of sp³-hybridized carbons (Fsp3) is 0.545. The summed E-state index contributed by atoms with van der Waals surface area (Å²) in [7, 11) is -3.19. The highest BCUT2D eigenvalue weighted by molar-refractivity contribution is 7.92. The highest BCUT2D eigenvalue weighted by atomic mass is 32.2. The van der Waals surface area contributed by atoms with E-state index in [1.54, 1.807) is 0 Å². The van der Waals surface area contributed by atoms with Gasteiger partial charge in [-0.25, -0.2) is 8.42 Å². The molecule has 2 rings (SSSR count). The number of H-pyrrole nitrogens is 1. The van der Waals surface area contributed by atoms with E-state index in [0.717, 1.165) is 12.1 Å². The third kappa shape index (κ3) is 3.14. The lowest BCUT2D eigenvalue weighted by Gasteiger charge is -2.10. The summed E-state index contributed by atoms with van der Waals surface area (Å²) in [4.78, 5) is 13.6. The quantitative estimate of drug-likeness (QED) is 0.884. The van der Waals surface area contributed by atoms with Gasteiger partial charge in [-0.05, 0) is 25.0 Å². The van der Waals surface area contributed by atoms with Crippen molar-refractivity contribution in [3.63, 3.8) is 0 Å². The third-order valence-electron chi connectivity index (χ3n) is 3.19. The summed E-state index contributed by atoms with van der Waals surface area (Å²) in [5.74, 6) is -0.656. The molecule has 0 bridgehead atoms. The number of hydrogen-bond acceptors (Lipinski definition) is 3. The highest BCUT2D eigenvalue weighted by Crippen LogP contribution is 2.28.